The van der Waals surface area contributed by atoms with Crippen LogP contribution >= 0.6 is 0 Å². The number of nitrogens with zero attached hydrogens (tertiary/aromatic N) is 2. The van der Waals surface area contributed by atoms with Crippen LogP contribution in [0.4, 0.5) is 34.1 Å². The summed E-state index contributed by atoms with van der Waals surface area (Å²) < 4.78 is 7.92. The summed E-state index contributed by atoms with van der Waals surface area (Å²) in [5.74, 6) is 0. The molecule has 0 saturated heterocycles. The van der Waals surface area contributed by atoms with Gasteiger partial charge in [-0.25, -0.2) is 0 Å². The van der Waals surface area contributed by atoms with Gasteiger partial charge in [-0.1, -0.05) is 159 Å². The summed E-state index contributed by atoms with van der Waals surface area (Å²) in [6.07, 6.45) is 9.57. The van der Waals surface area contributed by atoms with E-state index in [4.69, 9.17) is 4.42 Å². The Kier molecular flexibility index (Phi) is 10.1. The van der Waals surface area contributed by atoms with Crippen LogP contribution in [0.2, 0.25) is 0 Å². The standard InChI is InChI=1S/C71H83BN2O/c1-42-33-44(64(2,3)4)23-24-55(42)73-57-40-51-49(67(10,11)26-28-69(51,14)15)38-54(57)72-61-58(73)34-45(65(5,6)7)35-59(61)74(62-47-37-52-53(41-60(47)75-63(62)72)71(17)31-29-70(52,16)30-32-71)56-39-50-48(66(8,9)25-27-68(50,12)13)36-46(56)43-21-19-18-20-22-43/h18-24,33-41H,25-32H2,1-17H3. The number of hydrogen-bond acceptors (Lipinski definition) is 3. The SMILES string of the molecule is Cc1cc(C(C)(C)C)ccc1N1c2cc3c(cc2B2c4oc5cc6c(cc5c4N(c4cc5c(cc4-c4ccccc4)C(C)(C)CCC5(C)C)c4cc(C(C)(C)C)cc1c42)C1(C)CCC6(C)CC1)C(C)(C)CCC3(C)C. The number of rotatable bonds is 3. The Bertz CT molecular complexity index is 3570. The number of hydrogen-bond donors (Lipinski definition) is 0. The summed E-state index contributed by atoms with van der Waals surface area (Å²) in [7, 11) is 0. The molecule has 5 aliphatic carbocycles. The fourth-order valence-electron chi connectivity index (χ4n) is 15.4. The molecule has 14 rings (SSSR count). The van der Waals surface area contributed by atoms with Crippen molar-refractivity contribution in [1.82, 2.24) is 0 Å². The molecular weight excluding hydrogens is 908 g/mol. The zero-order valence-corrected chi connectivity index (χ0v) is 48.8. The first-order valence-corrected chi connectivity index (χ1v) is 29.0. The van der Waals surface area contributed by atoms with Gasteiger partial charge in [-0.3, -0.25) is 0 Å². The quantitative estimate of drug-likeness (QED) is 0.165. The molecule has 2 aliphatic heterocycles. The first-order chi connectivity index (χ1) is 35.0. The zero-order chi connectivity index (χ0) is 53.1. The van der Waals surface area contributed by atoms with E-state index in [0.717, 1.165) is 36.9 Å². The van der Waals surface area contributed by atoms with Crippen LogP contribution in [0.3, 0.4) is 0 Å². The normalized spacial score (nSPS) is 23.3. The molecule has 4 heteroatoms. The van der Waals surface area contributed by atoms with Crippen molar-refractivity contribution < 1.29 is 4.42 Å². The molecule has 7 aromatic rings. The number of benzene rings is 6. The molecule has 0 amide bonds. The lowest BCUT2D eigenvalue weighted by molar-refractivity contribution is 0.188. The predicted molar refractivity (Wildman–Crippen MR) is 322 cm³/mol. The second-order valence-electron chi connectivity index (χ2n) is 30.1. The van der Waals surface area contributed by atoms with Crippen LogP contribution in [-0.4, -0.2) is 6.71 Å². The van der Waals surface area contributed by atoms with Gasteiger partial charge in [0.1, 0.15) is 5.58 Å². The summed E-state index contributed by atoms with van der Waals surface area (Å²) in [6, 6.07) is 39.6. The Balaban J connectivity index is 1.22. The van der Waals surface area contributed by atoms with Crippen molar-refractivity contribution in [3.8, 4) is 11.1 Å². The second kappa shape index (κ2) is 15.4. The highest BCUT2D eigenvalue weighted by Gasteiger charge is 2.53. The summed E-state index contributed by atoms with van der Waals surface area (Å²) in [5.41, 5.74) is 28.1. The molecule has 7 aliphatic rings. The van der Waals surface area contributed by atoms with Crippen molar-refractivity contribution in [3.05, 3.63) is 147 Å². The fourth-order valence-corrected chi connectivity index (χ4v) is 15.4. The minimum absolute atomic E-state index is 0.00434. The maximum absolute atomic E-state index is 7.92. The van der Waals surface area contributed by atoms with Gasteiger partial charge < -0.3 is 14.2 Å². The average Bonchev–Trinajstić information content (AvgIpc) is 3.98. The molecule has 75 heavy (non-hydrogen) atoms. The molecule has 1 fully saturated rings. The summed E-state index contributed by atoms with van der Waals surface area (Å²) in [6.45, 7) is 41.5. The van der Waals surface area contributed by atoms with Crippen LogP contribution in [-0.2, 0) is 43.3 Å². The molecule has 0 atom stereocenters. The second-order valence-corrected chi connectivity index (χ2v) is 30.1. The topological polar surface area (TPSA) is 19.6 Å². The average molecular weight is 991 g/mol. The number of furan rings is 1. The van der Waals surface area contributed by atoms with Crippen molar-refractivity contribution in [2.75, 3.05) is 9.80 Å². The summed E-state index contributed by atoms with van der Waals surface area (Å²) >= 11 is 0. The van der Waals surface area contributed by atoms with E-state index in [1.54, 1.807) is 5.56 Å². The third-order valence-electron chi connectivity index (χ3n) is 21.0. The molecular formula is C71H83BN2O. The Morgan fingerprint density at radius 3 is 1.51 bits per heavy atom. The van der Waals surface area contributed by atoms with Gasteiger partial charge in [0.2, 0.25) is 0 Å². The van der Waals surface area contributed by atoms with Gasteiger partial charge in [-0.2, -0.15) is 0 Å². The van der Waals surface area contributed by atoms with E-state index < -0.39 is 0 Å². The lowest BCUT2D eigenvalue weighted by atomic mass is 9.35. The van der Waals surface area contributed by atoms with E-state index in [2.05, 4.69) is 225 Å². The largest absolute Gasteiger partial charge is 0.468 e. The van der Waals surface area contributed by atoms with Gasteiger partial charge in [0.15, 0.2) is 0 Å². The summed E-state index contributed by atoms with van der Waals surface area (Å²) in [4.78, 5) is 5.47. The molecule has 0 N–H and O–H groups in total. The van der Waals surface area contributed by atoms with E-state index in [1.165, 1.54) is 132 Å². The minimum Gasteiger partial charge on any atom is -0.468 e. The van der Waals surface area contributed by atoms with Gasteiger partial charge in [0.05, 0.1) is 17.0 Å². The number of anilines is 6. The van der Waals surface area contributed by atoms with Crippen LogP contribution in [0.5, 0.6) is 0 Å². The van der Waals surface area contributed by atoms with Crippen LogP contribution < -0.4 is 26.4 Å². The molecule has 1 saturated carbocycles. The third-order valence-corrected chi connectivity index (χ3v) is 21.0. The number of aryl methyl sites for hydroxylation is 1. The van der Waals surface area contributed by atoms with Crippen LogP contribution in [0.15, 0.2) is 101 Å². The predicted octanol–water partition coefficient (Wildman–Crippen LogP) is 17.9. The fraction of sp³-hybridized carbons (Fsp3) is 0.465. The first kappa shape index (κ1) is 49.1. The Hall–Kier alpha value is -5.48. The van der Waals surface area contributed by atoms with E-state index in [9.17, 15) is 0 Å². The van der Waals surface area contributed by atoms with Gasteiger partial charge in [-0.05, 0) is 217 Å². The van der Waals surface area contributed by atoms with Crippen LogP contribution in [0.25, 0.3) is 22.1 Å². The van der Waals surface area contributed by atoms with Crippen LogP contribution in [0.1, 0.15) is 212 Å². The lowest BCUT2D eigenvalue weighted by Gasteiger charge is -2.52. The van der Waals surface area contributed by atoms with Crippen molar-refractivity contribution in [2.24, 2.45) is 0 Å². The molecule has 3 heterocycles. The third kappa shape index (κ3) is 7.04. The van der Waals surface area contributed by atoms with E-state index in [-0.39, 0.29) is 50.0 Å². The van der Waals surface area contributed by atoms with Crippen molar-refractivity contribution >= 4 is 68.4 Å². The van der Waals surface area contributed by atoms with Gasteiger partial charge in [0.25, 0.3) is 6.71 Å². The van der Waals surface area contributed by atoms with Crippen molar-refractivity contribution in [2.45, 2.75) is 212 Å². The Labute approximate surface area is 451 Å². The zero-order valence-electron chi connectivity index (χ0n) is 48.8. The van der Waals surface area contributed by atoms with Crippen molar-refractivity contribution in [1.29, 1.82) is 0 Å². The summed E-state index contributed by atoms with van der Waals surface area (Å²) in [5, 5.41) is 1.25. The molecule has 1 aromatic heterocycles. The molecule has 3 nitrogen and oxygen atoms in total. The number of fused-ring (bicyclic) bond motifs is 10. The van der Waals surface area contributed by atoms with Crippen molar-refractivity contribution in [3.63, 3.8) is 0 Å². The highest BCUT2D eigenvalue weighted by Crippen LogP contribution is 2.60. The van der Waals surface area contributed by atoms with Gasteiger partial charge >= 0.3 is 0 Å². The van der Waals surface area contributed by atoms with Gasteiger partial charge in [0, 0.05) is 33.7 Å². The van der Waals surface area contributed by atoms with Crippen LogP contribution in [0, 0.1) is 6.92 Å². The molecule has 0 radical (unpaired) electrons. The Morgan fingerprint density at radius 1 is 0.453 bits per heavy atom. The highest BCUT2D eigenvalue weighted by atomic mass is 16.3. The molecule has 0 spiro atoms. The smallest absolute Gasteiger partial charge is 0.297 e. The maximum Gasteiger partial charge on any atom is 0.297 e. The van der Waals surface area contributed by atoms with E-state index >= 15 is 0 Å². The minimum atomic E-state index is -0.156. The lowest BCUT2D eigenvalue weighted by Crippen LogP contribution is -2.61. The first-order valence-electron chi connectivity index (χ1n) is 29.0. The molecule has 386 valence electrons. The highest BCUT2D eigenvalue weighted by molar-refractivity contribution is 7.00. The molecule has 0 unspecified atom stereocenters. The molecule has 2 bridgehead atoms. The maximum atomic E-state index is 7.92. The van der Waals surface area contributed by atoms with Gasteiger partial charge in [-0.15, -0.1) is 0 Å². The Morgan fingerprint density at radius 2 is 0.960 bits per heavy atom. The van der Waals surface area contributed by atoms with E-state index in [0.29, 0.717) is 0 Å². The van der Waals surface area contributed by atoms with E-state index in [1.807, 2.05) is 0 Å². The monoisotopic (exact) mass is 991 g/mol. The molecule has 6 aromatic carbocycles.